The van der Waals surface area contributed by atoms with Crippen LogP contribution in [-0.2, 0) is 4.74 Å². The molecule has 0 aromatic heterocycles. The van der Waals surface area contributed by atoms with E-state index in [0.717, 1.165) is 18.5 Å². The molecule has 0 rings (SSSR count). The van der Waals surface area contributed by atoms with Gasteiger partial charge in [0.1, 0.15) is 0 Å². The molecule has 0 N–H and O–H groups in total. The van der Waals surface area contributed by atoms with Crippen LogP contribution in [0, 0.1) is 0 Å². The van der Waals surface area contributed by atoms with Gasteiger partial charge in [0.2, 0.25) is 0 Å². The van der Waals surface area contributed by atoms with Crippen LogP contribution in [0.25, 0.3) is 0 Å². The summed E-state index contributed by atoms with van der Waals surface area (Å²) in [5.41, 5.74) is 0. The van der Waals surface area contributed by atoms with Crippen molar-refractivity contribution in [3.63, 3.8) is 0 Å². The van der Waals surface area contributed by atoms with E-state index in [1.165, 1.54) is 77.0 Å². The first-order valence-corrected chi connectivity index (χ1v) is 9.17. The molecule has 0 aliphatic carbocycles. The number of hydrogen-bond acceptors (Lipinski definition) is 1. The van der Waals surface area contributed by atoms with E-state index in [2.05, 4.69) is 22.9 Å². The van der Waals surface area contributed by atoms with Gasteiger partial charge in [-0.05, 0) is 19.3 Å². The first-order valence-electron chi connectivity index (χ1n) is 8.05. The van der Waals surface area contributed by atoms with Gasteiger partial charge in [-0.25, -0.2) is 0 Å². The van der Waals surface area contributed by atoms with Crippen LogP contribution >= 0.6 is 15.9 Å². The molecule has 2 heteroatoms. The normalized spacial score (nSPS) is 11.0. The Balaban J connectivity index is 2.86. The number of ether oxygens (including phenoxy) is 1. The lowest BCUT2D eigenvalue weighted by Gasteiger charge is -2.04. The molecule has 0 spiro atoms. The molecule has 0 fully saturated rings. The van der Waals surface area contributed by atoms with Crippen molar-refractivity contribution in [2.45, 2.75) is 84.0 Å². The highest BCUT2D eigenvalue weighted by Gasteiger charge is 1.93. The Hall–Kier alpha value is 0.440. The topological polar surface area (TPSA) is 9.23 Å². The molecule has 0 unspecified atom stereocenters. The standard InChI is InChI=1S/C16H33BrO/c1-2-3-4-5-6-7-8-9-10-12-15-18-16-13-11-14-17/h2-16H2,1H3. The summed E-state index contributed by atoms with van der Waals surface area (Å²) >= 11 is 3.43. The Morgan fingerprint density at radius 2 is 1.06 bits per heavy atom. The molecule has 110 valence electrons. The van der Waals surface area contributed by atoms with Crippen LogP contribution in [0.1, 0.15) is 84.0 Å². The van der Waals surface area contributed by atoms with E-state index in [-0.39, 0.29) is 0 Å². The molecule has 18 heavy (non-hydrogen) atoms. The first-order chi connectivity index (χ1) is 8.91. The Morgan fingerprint density at radius 3 is 1.56 bits per heavy atom. The summed E-state index contributed by atoms with van der Waals surface area (Å²) in [7, 11) is 0. The number of unbranched alkanes of at least 4 members (excludes halogenated alkanes) is 10. The van der Waals surface area contributed by atoms with Crippen molar-refractivity contribution < 1.29 is 4.74 Å². The van der Waals surface area contributed by atoms with Crippen LogP contribution in [0.15, 0.2) is 0 Å². The van der Waals surface area contributed by atoms with Gasteiger partial charge < -0.3 is 4.74 Å². The van der Waals surface area contributed by atoms with Gasteiger partial charge in [-0.3, -0.25) is 0 Å². The summed E-state index contributed by atoms with van der Waals surface area (Å²) in [6, 6.07) is 0. The smallest absolute Gasteiger partial charge is 0.0466 e. The summed E-state index contributed by atoms with van der Waals surface area (Å²) in [5, 5.41) is 1.11. The van der Waals surface area contributed by atoms with Crippen molar-refractivity contribution in [3.05, 3.63) is 0 Å². The van der Waals surface area contributed by atoms with Gasteiger partial charge in [0.15, 0.2) is 0 Å². The summed E-state index contributed by atoms with van der Waals surface area (Å²) in [5.74, 6) is 0. The number of halogens is 1. The quantitative estimate of drug-likeness (QED) is 0.261. The van der Waals surface area contributed by atoms with Gasteiger partial charge in [-0.2, -0.15) is 0 Å². The molecule has 0 atom stereocenters. The van der Waals surface area contributed by atoms with E-state index in [1.54, 1.807) is 0 Å². The van der Waals surface area contributed by atoms with Crippen LogP contribution in [-0.4, -0.2) is 18.5 Å². The van der Waals surface area contributed by atoms with Crippen LogP contribution in [0.2, 0.25) is 0 Å². The Bertz CT molecular complexity index is 123. The third-order valence-electron chi connectivity index (χ3n) is 3.31. The monoisotopic (exact) mass is 320 g/mol. The molecule has 1 nitrogen and oxygen atoms in total. The third kappa shape index (κ3) is 16.4. The van der Waals surface area contributed by atoms with Gasteiger partial charge in [-0.1, -0.05) is 80.6 Å². The molecule has 0 amide bonds. The lowest BCUT2D eigenvalue weighted by atomic mass is 10.1. The molecular weight excluding hydrogens is 288 g/mol. The average Bonchev–Trinajstić information content (AvgIpc) is 2.39. The van der Waals surface area contributed by atoms with Crippen LogP contribution < -0.4 is 0 Å². The molecule has 0 aliphatic heterocycles. The van der Waals surface area contributed by atoms with Crippen molar-refractivity contribution in [2.75, 3.05) is 18.5 Å². The van der Waals surface area contributed by atoms with Crippen molar-refractivity contribution in [3.8, 4) is 0 Å². The lowest BCUT2D eigenvalue weighted by Crippen LogP contribution is -1.97. The largest absolute Gasteiger partial charge is 0.381 e. The van der Waals surface area contributed by atoms with Gasteiger partial charge in [-0.15, -0.1) is 0 Å². The van der Waals surface area contributed by atoms with E-state index in [9.17, 15) is 0 Å². The summed E-state index contributed by atoms with van der Waals surface area (Å²) in [4.78, 5) is 0. The average molecular weight is 321 g/mol. The predicted octanol–water partition coefficient (Wildman–Crippen LogP) is 6.10. The van der Waals surface area contributed by atoms with E-state index >= 15 is 0 Å². The van der Waals surface area contributed by atoms with Crippen molar-refractivity contribution in [2.24, 2.45) is 0 Å². The summed E-state index contributed by atoms with van der Waals surface area (Å²) < 4.78 is 5.59. The SMILES string of the molecule is CCCCCCCCCCCCOCCCCBr. The van der Waals surface area contributed by atoms with E-state index in [0.29, 0.717) is 0 Å². The van der Waals surface area contributed by atoms with Crippen LogP contribution in [0.3, 0.4) is 0 Å². The highest BCUT2D eigenvalue weighted by molar-refractivity contribution is 9.09. The van der Waals surface area contributed by atoms with Gasteiger partial charge in [0.25, 0.3) is 0 Å². The minimum atomic E-state index is 0.947. The highest BCUT2D eigenvalue weighted by atomic mass is 79.9. The molecule has 0 aromatic rings. The third-order valence-corrected chi connectivity index (χ3v) is 3.88. The minimum Gasteiger partial charge on any atom is -0.381 e. The second kappa shape index (κ2) is 17.4. The zero-order chi connectivity index (χ0) is 13.3. The lowest BCUT2D eigenvalue weighted by molar-refractivity contribution is 0.127. The maximum atomic E-state index is 5.59. The van der Waals surface area contributed by atoms with Crippen molar-refractivity contribution in [1.82, 2.24) is 0 Å². The molecule has 0 radical (unpaired) electrons. The van der Waals surface area contributed by atoms with E-state index in [1.807, 2.05) is 0 Å². The molecule has 0 saturated carbocycles. The fourth-order valence-corrected chi connectivity index (χ4v) is 2.49. The molecule has 0 aromatic carbocycles. The second-order valence-corrected chi connectivity index (χ2v) is 5.98. The van der Waals surface area contributed by atoms with Crippen molar-refractivity contribution >= 4 is 15.9 Å². The van der Waals surface area contributed by atoms with Crippen molar-refractivity contribution in [1.29, 1.82) is 0 Å². The molecular formula is C16H33BrO. The summed E-state index contributed by atoms with van der Waals surface area (Å²) in [6.07, 6.45) is 16.4. The molecule has 0 saturated heterocycles. The molecule has 0 heterocycles. The summed E-state index contributed by atoms with van der Waals surface area (Å²) in [6.45, 7) is 4.20. The Kier molecular flexibility index (Phi) is 17.9. The highest BCUT2D eigenvalue weighted by Crippen LogP contribution is 2.10. The van der Waals surface area contributed by atoms with E-state index in [4.69, 9.17) is 4.74 Å². The van der Waals surface area contributed by atoms with E-state index < -0.39 is 0 Å². The maximum Gasteiger partial charge on any atom is 0.0466 e. The van der Waals surface area contributed by atoms with Gasteiger partial charge >= 0.3 is 0 Å². The fourth-order valence-electron chi connectivity index (χ4n) is 2.09. The zero-order valence-corrected chi connectivity index (χ0v) is 14.0. The van der Waals surface area contributed by atoms with Crippen LogP contribution in [0.4, 0.5) is 0 Å². The Labute approximate surface area is 123 Å². The maximum absolute atomic E-state index is 5.59. The predicted molar refractivity (Wildman–Crippen MR) is 85.7 cm³/mol. The van der Waals surface area contributed by atoms with Crippen LogP contribution in [0.5, 0.6) is 0 Å². The molecule has 0 bridgehead atoms. The van der Waals surface area contributed by atoms with Gasteiger partial charge in [0, 0.05) is 18.5 Å². The number of hydrogen-bond donors (Lipinski definition) is 0. The zero-order valence-electron chi connectivity index (χ0n) is 12.4. The first kappa shape index (κ1) is 18.4. The second-order valence-electron chi connectivity index (χ2n) is 5.19. The molecule has 0 aliphatic rings. The minimum absolute atomic E-state index is 0.947. The fraction of sp³-hybridized carbons (Fsp3) is 1.00. The number of rotatable bonds is 15. The Morgan fingerprint density at radius 1 is 0.611 bits per heavy atom. The van der Waals surface area contributed by atoms with Gasteiger partial charge in [0.05, 0.1) is 0 Å². The number of alkyl halides is 1.